The minimum atomic E-state index is -0.693. The van der Waals surface area contributed by atoms with E-state index in [1.165, 1.54) is 25.3 Å². The molecule has 0 aliphatic rings. The van der Waals surface area contributed by atoms with Crippen molar-refractivity contribution in [2.75, 3.05) is 12.4 Å². The topological polar surface area (TPSA) is 101 Å². The maximum Gasteiger partial charge on any atom is 0.311 e. The van der Waals surface area contributed by atoms with Crippen LogP contribution in [0.4, 0.5) is 10.1 Å². The van der Waals surface area contributed by atoms with Crippen LogP contribution in [0.1, 0.15) is 12.6 Å². The van der Waals surface area contributed by atoms with Crippen molar-refractivity contribution in [3.05, 3.63) is 51.2 Å². The standard InChI is InChI=1S/C16H15ClFN3O4S/c1-8(15(24)20-12-4-3-9(17)5-11(12)18)26-16-19-10(6-13(22)21-16)7-14(23)25-2/h3-6,8H,7H2,1-2H3,(H,20,24)(H,19,21,22)/t8-/m1/s1. The van der Waals surface area contributed by atoms with Gasteiger partial charge in [0, 0.05) is 11.1 Å². The maximum absolute atomic E-state index is 13.8. The van der Waals surface area contributed by atoms with Gasteiger partial charge in [0.25, 0.3) is 5.56 Å². The first-order valence-corrected chi connectivity index (χ1v) is 8.64. The molecule has 1 amide bonds. The molecule has 0 unspecified atom stereocenters. The molecule has 0 aliphatic carbocycles. The fraction of sp³-hybridized carbons (Fsp3) is 0.250. The summed E-state index contributed by atoms with van der Waals surface area (Å²) in [7, 11) is 1.23. The van der Waals surface area contributed by atoms with Gasteiger partial charge in [-0.25, -0.2) is 9.37 Å². The van der Waals surface area contributed by atoms with Crippen LogP contribution < -0.4 is 10.9 Å². The molecular formula is C16H15ClFN3O4S. The van der Waals surface area contributed by atoms with Gasteiger partial charge in [0.15, 0.2) is 5.16 Å². The fourth-order valence-corrected chi connectivity index (χ4v) is 2.89. The van der Waals surface area contributed by atoms with E-state index in [4.69, 9.17) is 11.6 Å². The first-order chi connectivity index (χ1) is 12.3. The lowest BCUT2D eigenvalue weighted by molar-refractivity contribution is -0.139. The first-order valence-electron chi connectivity index (χ1n) is 7.38. The van der Waals surface area contributed by atoms with Gasteiger partial charge in [-0.3, -0.25) is 14.4 Å². The summed E-state index contributed by atoms with van der Waals surface area (Å²) in [6, 6.07) is 5.07. The summed E-state index contributed by atoms with van der Waals surface area (Å²) < 4.78 is 18.3. The van der Waals surface area contributed by atoms with Gasteiger partial charge in [0.2, 0.25) is 5.91 Å². The molecule has 0 fully saturated rings. The molecule has 2 N–H and O–H groups in total. The molecule has 0 aliphatic heterocycles. The number of benzene rings is 1. The zero-order chi connectivity index (χ0) is 19.3. The highest BCUT2D eigenvalue weighted by Crippen LogP contribution is 2.23. The van der Waals surface area contributed by atoms with Crippen LogP contribution in [0.25, 0.3) is 0 Å². The number of carbonyl (C=O) groups excluding carboxylic acids is 2. The highest BCUT2D eigenvalue weighted by Gasteiger charge is 2.18. The van der Waals surface area contributed by atoms with Gasteiger partial charge >= 0.3 is 5.97 Å². The van der Waals surface area contributed by atoms with Gasteiger partial charge in [-0.2, -0.15) is 0 Å². The molecule has 0 bridgehead atoms. The Morgan fingerprint density at radius 3 is 2.81 bits per heavy atom. The number of H-pyrrole nitrogens is 1. The molecular weight excluding hydrogens is 385 g/mol. The number of methoxy groups -OCH3 is 1. The Morgan fingerprint density at radius 1 is 1.42 bits per heavy atom. The van der Waals surface area contributed by atoms with E-state index in [9.17, 15) is 18.8 Å². The number of amides is 1. The van der Waals surface area contributed by atoms with E-state index in [1.807, 2.05) is 0 Å². The Labute approximate surface area is 157 Å². The quantitative estimate of drug-likeness (QED) is 0.439. The third-order valence-electron chi connectivity index (χ3n) is 3.17. The zero-order valence-corrected chi connectivity index (χ0v) is 15.4. The van der Waals surface area contributed by atoms with Crippen molar-refractivity contribution < 1.29 is 18.7 Å². The third-order valence-corrected chi connectivity index (χ3v) is 4.39. The predicted molar refractivity (Wildman–Crippen MR) is 95.9 cm³/mol. The highest BCUT2D eigenvalue weighted by atomic mass is 35.5. The number of aromatic amines is 1. The van der Waals surface area contributed by atoms with E-state index in [2.05, 4.69) is 20.0 Å². The van der Waals surface area contributed by atoms with E-state index in [0.29, 0.717) is 0 Å². The zero-order valence-electron chi connectivity index (χ0n) is 13.8. The van der Waals surface area contributed by atoms with Crippen LogP contribution in [0.5, 0.6) is 0 Å². The predicted octanol–water partition coefficient (Wildman–Crippen LogP) is 2.40. The maximum atomic E-state index is 13.8. The summed E-state index contributed by atoms with van der Waals surface area (Å²) in [6.45, 7) is 1.57. The number of nitrogens with one attached hydrogen (secondary N) is 2. The first kappa shape index (κ1) is 19.9. The second kappa shape index (κ2) is 8.81. The number of rotatable bonds is 6. The Balaban J connectivity index is 2.08. The number of carbonyl (C=O) groups is 2. The van der Waals surface area contributed by atoms with Crippen molar-refractivity contribution in [2.24, 2.45) is 0 Å². The summed E-state index contributed by atoms with van der Waals surface area (Å²) in [5, 5.41) is 2.13. The number of esters is 1. The molecule has 138 valence electrons. The van der Waals surface area contributed by atoms with Crippen LogP contribution in [0, 0.1) is 5.82 Å². The summed E-state index contributed by atoms with van der Waals surface area (Å²) in [5.41, 5.74) is -0.245. The van der Waals surface area contributed by atoms with E-state index in [-0.39, 0.29) is 28.0 Å². The minimum absolute atomic E-state index is 0.00672. The number of anilines is 1. The second-order valence-corrected chi connectivity index (χ2v) is 6.93. The molecule has 1 heterocycles. The number of nitrogens with zero attached hydrogens (tertiary/aromatic N) is 1. The van der Waals surface area contributed by atoms with Crippen molar-refractivity contribution in [2.45, 2.75) is 23.8 Å². The Morgan fingerprint density at radius 2 is 2.15 bits per heavy atom. The lowest BCUT2D eigenvalue weighted by Gasteiger charge is -2.12. The molecule has 1 atom stereocenters. The molecule has 0 saturated heterocycles. The summed E-state index contributed by atoms with van der Waals surface area (Å²) in [4.78, 5) is 41.8. The second-order valence-electron chi connectivity index (χ2n) is 5.17. The molecule has 2 aromatic rings. The third kappa shape index (κ3) is 5.57. The van der Waals surface area contributed by atoms with Crippen LogP contribution in [-0.2, 0) is 20.7 Å². The number of hydrogen-bond donors (Lipinski definition) is 2. The van der Waals surface area contributed by atoms with E-state index in [1.54, 1.807) is 6.92 Å². The average Bonchev–Trinajstić information content (AvgIpc) is 2.56. The summed E-state index contributed by atoms with van der Waals surface area (Å²) >= 11 is 6.63. The van der Waals surface area contributed by atoms with Crippen LogP contribution in [-0.4, -0.2) is 34.2 Å². The largest absolute Gasteiger partial charge is 0.469 e. The number of hydrogen-bond acceptors (Lipinski definition) is 6. The van der Waals surface area contributed by atoms with Gasteiger partial charge in [-0.15, -0.1) is 0 Å². The molecule has 0 spiro atoms. The van der Waals surface area contributed by atoms with E-state index < -0.39 is 28.5 Å². The van der Waals surface area contributed by atoms with E-state index in [0.717, 1.165) is 17.8 Å². The molecule has 1 aromatic heterocycles. The number of ether oxygens (including phenoxy) is 1. The Kier molecular flexibility index (Phi) is 6.76. The average molecular weight is 400 g/mol. The summed E-state index contributed by atoms with van der Waals surface area (Å²) in [5.74, 6) is -1.69. The molecule has 7 nitrogen and oxygen atoms in total. The van der Waals surface area contributed by atoms with Gasteiger partial charge in [-0.05, 0) is 25.1 Å². The number of thioether (sulfide) groups is 1. The van der Waals surface area contributed by atoms with Gasteiger partial charge in [0.1, 0.15) is 5.82 Å². The van der Waals surface area contributed by atoms with Crippen molar-refractivity contribution in [3.63, 3.8) is 0 Å². The summed E-state index contributed by atoms with van der Waals surface area (Å²) in [6.07, 6.45) is -0.162. The lowest BCUT2D eigenvalue weighted by atomic mass is 10.3. The van der Waals surface area contributed by atoms with Crippen LogP contribution >= 0.6 is 23.4 Å². The van der Waals surface area contributed by atoms with Gasteiger partial charge in [0.05, 0.1) is 30.2 Å². The number of aromatic nitrogens is 2. The van der Waals surface area contributed by atoms with Gasteiger partial charge in [-0.1, -0.05) is 23.4 Å². The Hall–Kier alpha value is -2.39. The minimum Gasteiger partial charge on any atom is -0.469 e. The van der Waals surface area contributed by atoms with Crippen molar-refractivity contribution in [3.8, 4) is 0 Å². The normalized spacial score (nSPS) is 11.7. The van der Waals surface area contributed by atoms with Gasteiger partial charge < -0.3 is 15.0 Å². The molecule has 1 aromatic carbocycles. The van der Waals surface area contributed by atoms with E-state index >= 15 is 0 Å². The number of halogens is 2. The molecule has 0 radical (unpaired) electrons. The van der Waals surface area contributed by atoms with Crippen molar-refractivity contribution in [1.29, 1.82) is 0 Å². The van der Waals surface area contributed by atoms with Crippen molar-refractivity contribution >= 4 is 40.9 Å². The Bertz CT molecular complexity index is 890. The molecule has 26 heavy (non-hydrogen) atoms. The molecule has 0 saturated carbocycles. The molecule has 10 heteroatoms. The van der Waals surface area contributed by atoms with Crippen LogP contribution in [0.2, 0.25) is 5.02 Å². The SMILES string of the molecule is COC(=O)Cc1cc(=O)[nH]c(S[C@H](C)C(=O)Nc2ccc(Cl)cc2F)n1. The lowest BCUT2D eigenvalue weighted by Crippen LogP contribution is -2.24. The van der Waals surface area contributed by atoms with Crippen LogP contribution in [0.3, 0.4) is 0 Å². The van der Waals surface area contributed by atoms with Crippen molar-refractivity contribution in [1.82, 2.24) is 9.97 Å². The fourth-order valence-electron chi connectivity index (χ4n) is 1.90. The highest BCUT2D eigenvalue weighted by molar-refractivity contribution is 8.00. The van der Waals surface area contributed by atoms with Crippen LogP contribution in [0.15, 0.2) is 34.2 Å². The smallest absolute Gasteiger partial charge is 0.311 e. The molecule has 2 rings (SSSR count). The monoisotopic (exact) mass is 399 g/mol.